The first kappa shape index (κ1) is 32.7. The summed E-state index contributed by atoms with van der Waals surface area (Å²) in [6, 6.07) is 12.3. The number of nitrogens with one attached hydrogen (secondary N) is 1. The number of nitrogens with zero attached hydrogens (tertiary/aromatic N) is 2. The second-order valence-electron chi connectivity index (χ2n) is 14.3. The van der Waals surface area contributed by atoms with Gasteiger partial charge in [0, 0.05) is 49.4 Å². The van der Waals surface area contributed by atoms with Gasteiger partial charge in [-0.25, -0.2) is 0 Å². The van der Waals surface area contributed by atoms with Gasteiger partial charge in [0.15, 0.2) is 0 Å². The highest BCUT2D eigenvalue weighted by atomic mass is 16.7. The second kappa shape index (κ2) is 13.0. The van der Waals surface area contributed by atoms with E-state index in [1.807, 2.05) is 12.1 Å². The summed E-state index contributed by atoms with van der Waals surface area (Å²) in [4.78, 5) is 22.6. The van der Waals surface area contributed by atoms with E-state index in [9.17, 15) is 9.90 Å². The Morgan fingerprint density at radius 3 is 2.59 bits per heavy atom. The van der Waals surface area contributed by atoms with E-state index in [0.717, 1.165) is 47.4 Å². The zero-order valence-corrected chi connectivity index (χ0v) is 28.0. The highest BCUT2D eigenvalue weighted by Gasteiger charge is 2.57. The molecule has 2 aromatic carbocycles. The number of amides is 1. The summed E-state index contributed by atoms with van der Waals surface area (Å²) >= 11 is 0. The van der Waals surface area contributed by atoms with Crippen LogP contribution in [0.25, 0.3) is 11.1 Å². The monoisotopic (exact) mass is 606 g/mol. The zero-order chi connectivity index (χ0) is 31.9. The molecule has 4 fully saturated rings. The largest absolute Gasteiger partial charge is 0.496 e. The van der Waals surface area contributed by atoms with Crippen molar-refractivity contribution in [2.24, 2.45) is 34.8 Å². The Morgan fingerprint density at radius 1 is 1.25 bits per heavy atom. The quantitative estimate of drug-likeness (QED) is 0.331. The van der Waals surface area contributed by atoms with E-state index in [0.29, 0.717) is 29.7 Å². The van der Waals surface area contributed by atoms with Gasteiger partial charge in [0.2, 0.25) is 5.91 Å². The number of hydroxylamine groups is 2. The van der Waals surface area contributed by atoms with Crippen LogP contribution in [0, 0.1) is 29.1 Å². The smallest absolute Gasteiger partial charge is 0.240 e. The van der Waals surface area contributed by atoms with Crippen LogP contribution in [0.2, 0.25) is 0 Å². The average Bonchev–Trinajstić information content (AvgIpc) is 3.36. The van der Waals surface area contributed by atoms with Gasteiger partial charge in [-0.2, -0.15) is 5.06 Å². The number of nitrogens with two attached hydrogens (primary N) is 1. The van der Waals surface area contributed by atoms with Crippen LogP contribution in [0.15, 0.2) is 36.4 Å². The van der Waals surface area contributed by atoms with Crippen LogP contribution in [0.5, 0.6) is 5.75 Å². The molecule has 3 aliphatic carbocycles. The normalized spacial score (nSPS) is 30.0. The number of ether oxygens (including phenoxy) is 1. The maximum Gasteiger partial charge on any atom is 0.240 e. The van der Waals surface area contributed by atoms with E-state index in [1.165, 1.54) is 12.0 Å². The van der Waals surface area contributed by atoms with E-state index >= 15 is 0 Å². The van der Waals surface area contributed by atoms with Gasteiger partial charge in [0.1, 0.15) is 11.8 Å². The van der Waals surface area contributed by atoms with Crippen LogP contribution >= 0.6 is 0 Å². The first-order valence-electron chi connectivity index (χ1n) is 16.5. The first-order valence-corrected chi connectivity index (χ1v) is 16.5. The number of methoxy groups -OCH3 is 1. The third kappa shape index (κ3) is 5.98. The number of carbonyl (C=O) groups is 1. The van der Waals surface area contributed by atoms with Crippen molar-refractivity contribution < 1.29 is 19.5 Å². The van der Waals surface area contributed by atoms with Crippen molar-refractivity contribution in [2.75, 3.05) is 32.6 Å². The molecule has 2 bridgehead atoms. The Kier molecular flexibility index (Phi) is 9.66. The van der Waals surface area contributed by atoms with Crippen molar-refractivity contribution in [1.82, 2.24) is 10.4 Å². The highest BCUT2D eigenvalue weighted by molar-refractivity contribution is 5.83. The van der Waals surface area contributed by atoms with Crippen molar-refractivity contribution in [3.63, 3.8) is 0 Å². The molecule has 4 aliphatic rings. The maximum atomic E-state index is 14.1. The summed E-state index contributed by atoms with van der Waals surface area (Å²) in [7, 11) is 5.81. The summed E-state index contributed by atoms with van der Waals surface area (Å²) in [6.07, 6.45) is 3.07. The molecule has 3 saturated carbocycles. The minimum atomic E-state index is -0.764. The molecule has 1 aliphatic heterocycles. The van der Waals surface area contributed by atoms with Crippen molar-refractivity contribution in [1.29, 1.82) is 0 Å². The number of aliphatic hydroxyl groups excluding tert-OH is 1. The van der Waals surface area contributed by atoms with Gasteiger partial charge >= 0.3 is 0 Å². The van der Waals surface area contributed by atoms with Gasteiger partial charge in [0.25, 0.3) is 0 Å². The topological polar surface area (TPSA) is 100 Å². The molecule has 0 unspecified atom stereocenters. The molecule has 8 heteroatoms. The molecular formula is C36H54N4O4. The summed E-state index contributed by atoms with van der Waals surface area (Å²) in [5, 5.41) is 16.0. The molecule has 4 N–H and O–H groups in total. The predicted octanol–water partition coefficient (Wildman–Crippen LogP) is 5.01. The van der Waals surface area contributed by atoms with Crippen molar-refractivity contribution in [2.45, 2.75) is 91.1 Å². The number of hydrogen-bond acceptors (Lipinski definition) is 7. The fourth-order valence-corrected chi connectivity index (χ4v) is 8.40. The van der Waals surface area contributed by atoms with E-state index in [4.69, 9.17) is 15.3 Å². The standard InChI is InChI=1S/C36H54N4O4/c1-9-11-23-14-25(16-27(15-23)39(6)7)28-13-10-12-24(34(28)43-8)20-40-33(32(22(3)41)31(19-37)44-40)35(42)38-30-18-26-17-29(21(30)2)36(26,4)5/h10,12-16,21-22,26,29-33,41H,9,11,17-20,37H2,1-8H3,(H,38,42)/t21-,22-,26+,29-,30-,31-,32+,33-/m0/s1. The molecule has 6 rings (SSSR count). The summed E-state index contributed by atoms with van der Waals surface area (Å²) in [6.45, 7) is 11.5. The summed E-state index contributed by atoms with van der Waals surface area (Å²) in [5.41, 5.74) is 11.9. The molecular weight excluding hydrogens is 552 g/mol. The average molecular weight is 607 g/mol. The summed E-state index contributed by atoms with van der Waals surface area (Å²) < 4.78 is 6.07. The van der Waals surface area contributed by atoms with Gasteiger partial charge in [-0.15, -0.1) is 0 Å². The number of para-hydroxylation sites is 1. The SMILES string of the molecule is CCCc1cc(-c2cccc(CN3O[C@@H](CN)[C@@H]([C@H](C)O)[C@H]3C(=O)N[C@H]3C[C@H]4C[C@@H]([C@@H]3C)C4(C)C)c2OC)cc(N(C)C)c1. The fourth-order valence-electron chi connectivity index (χ4n) is 8.40. The molecule has 0 spiro atoms. The van der Waals surface area contributed by atoms with Crippen LogP contribution in [0.4, 0.5) is 5.69 Å². The van der Waals surface area contributed by atoms with Gasteiger partial charge in [-0.1, -0.05) is 58.4 Å². The first-order chi connectivity index (χ1) is 20.9. The highest BCUT2D eigenvalue weighted by Crippen LogP contribution is 2.61. The van der Waals surface area contributed by atoms with Gasteiger partial charge in [-0.05, 0) is 72.6 Å². The van der Waals surface area contributed by atoms with E-state index < -0.39 is 24.2 Å². The minimum Gasteiger partial charge on any atom is -0.496 e. The number of anilines is 1. The van der Waals surface area contributed by atoms with E-state index in [1.54, 1.807) is 19.1 Å². The number of aliphatic hydroxyl groups is 1. The minimum absolute atomic E-state index is 0.0965. The van der Waals surface area contributed by atoms with Crippen molar-refractivity contribution in [3.05, 3.63) is 47.5 Å². The molecule has 8 nitrogen and oxygen atoms in total. The van der Waals surface area contributed by atoms with Gasteiger partial charge < -0.3 is 25.8 Å². The Hall–Kier alpha value is -2.65. The molecule has 2 aromatic rings. The second-order valence-corrected chi connectivity index (χ2v) is 14.3. The van der Waals surface area contributed by atoms with Crippen LogP contribution in [0.3, 0.4) is 0 Å². The lowest BCUT2D eigenvalue weighted by Gasteiger charge is -2.62. The molecule has 242 valence electrons. The Labute approximate surface area is 264 Å². The maximum absolute atomic E-state index is 14.1. The number of carbonyl (C=O) groups excluding carboxylic acids is 1. The number of benzene rings is 2. The number of rotatable bonds is 11. The molecule has 0 radical (unpaired) electrons. The fraction of sp³-hybridized carbons (Fsp3) is 0.639. The predicted molar refractivity (Wildman–Crippen MR) is 176 cm³/mol. The molecule has 1 amide bonds. The third-order valence-corrected chi connectivity index (χ3v) is 11.1. The third-order valence-electron chi connectivity index (χ3n) is 11.1. The van der Waals surface area contributed by atoms with Crippen molar-refractivity contribution >= 4 is 11.6 Å². The number of hydrogen-bond donors (Lipinski definition) is 3. The van der Waals surface area contributed by atoms with Gasteiger partial charge in [0.05, 0.1) is 25.9 Å². The van der Waals surface area contributed by atoms with E-state index in [2.05, 4.69) is 76.3 Å². The number of aryl methyl sites for hydroxylation is 1. The Bertz CT molecular complexity index is 1330. The van der Waals surface area contributed by atoms with Crippen LogP contribution in [-0.2, 0) is 22.6 Å². The number of fused-ring (bicyclic) bond motifs is 2. The molecule has 0 aromatic heterocycles. The Morgan fingerprint density at radius 2 is 2.00 bits per heavy atom. The lowest BCUT2D eigenvalue weighted by molar-refractivity contribution is -0.175. The summed E-state index contributed by atoms with van der Waals surface area (Å²) in [5.74, 6) is 1.85. The molecule has 44 heavy (non-hydrogen) atoms. The molecule has 1 saturated heterocycles. The Balaban J connectivity index is 1.45. The van der Waals surface area contributed by atoms with Crippen molar-refractivity contribution in [3.8, 4) is 16.9 Å². The lowest BCUT2D eigenvalue weighted by Crippen LogP contribution is -2.62. The lowest BCUT2D eigenvalue weighted by atomic mass is 9.45. The zero-order valence-electron chi connectivity index (χ0n) is 28.0. The van der Waals surface area contributed by atoms with Crippen LogP contribution in [-0.4, -0.2) is 68.1 Å². The molecule has 8 atom stereocenters. The van der Waals surface area contributed by atoms with E-state index in [-0.39, 0.29) is 18.5 Å². The van der Waals surface area contributed by atoms with Crippen LogP contribution in [0.1, 0.15) is 65.0 Å². The van der Waals surface area contributed by atoms with Gasteiger partial charge in [-0.3, -0.25) is 9.63 Å². The van der Waals surface area contributed by atoms with Crippen LogP contribution < -0.4 is 20.7 Å². The molecule has 1 heterocycles.